The smallest absolute Gasteiger partial charge is 0.289 e. The molecule has 2 amide bonds. The van der Waals surface area contributed by atoms with Gasteiger partial charge < -0.3 is 24.3 Å². The minimum absolute atomic E-state index is 0.0757. The lowest BCUT2D eigenvalue weighted by Crippen LogP contribution is -2.48. The minimum Gasteiger partial charge on any atom is -0.494 e. The van der Waals surface area contributed by atoms with Crippen LogP contribution in [0.3, 0.4) is 0 Å². The van der Waals surface area contributed by atoms with Crippen molar-refractivity contribution in [3.05, 3.63) is 90.2 Å². The zero-order valence-corrected chi connectivity index (χ0v) is 19.6. The van der Waals surface area contributed by atoms with E-state index >= 15 is 0 Å². The third-order valence-corrected chi connectivity index (χ3v) is 6.12. The van der Waals surface area contributed by atoms with Gasteiger partial charge in [0.05, 0.1) is 6.61 Å². The lowest BCUT2D eigenvalue weighted by Gasteiger charge is -2.35. The fraction of sp³-hybridized carbons (Fsp3) is 0.214. The Hall–Kier alpha value is -4.26. The van der Waals surface area contributed by atoms with Crippen LogP contribution >= 0.6 is 0 Å². The molecular weight excluding hydrogens is 442 g/mol. The van der Waals surface area contributed by atoms with Crippen LogP contribution in [0.25, 0.3) is 11.0 Å². The first-order chi connectivity index (χ1) is 17.1. The molecule has 1 aliphatic rings. The maximum atomic E-state index is 12.9. The van der Waals surface area contributed by atoms with E-state index in [0.29, 0.717) is 31.0 Å². The lowest BCUT2D eigenvalue weighted by molar-refractivity contribution is 0.0717. The number of fused-ring (bicyclic) bond motifs is 1. The number of rotatable bonds is 6. The van der Waals surface area contributed by atoms with Crippen molar-refractivity contribution in [2.24, 2.45) is 0 Å². The number of piperazine rings is 1. The molecule has 5 rings (SSSR count). The number of benzene rings is 3. The van der Waals surface area contributed by atoms with Gasteiger partial charge in [0.15, 0.2) is 5.76 Å². The van der Waals surface area contributed by atoms with Crippen molar-refractivity contribution >= 4 is 34.2 Å². The molecule has 0 saturated carbocycles. The molecule has 178 valence electrons. The van der Waals surface area contributed by atoms with Gasteiger partial charge in [0.1, 0.15) is 11.3 Å². The molecule has 0 bridgehead atoms. The van der Waals surface area contributed by atoms with Crippen molar-refractivity contribution in [1.29, 1.82) is 0 Å². The number of nitrogens with zero attached hydrogens (tertiary/aromatic N) is 2. The van der Waals surface area contributed by atoms with Gasteiger partial charge in [-0.25, -0.2) is 0 Å². The molecule has 35 heavy (non-hydrogen) atoms. The summed E-state index contributed by atoms with van der Waals surface area (Å²) in [7, 11) is 0. The van der Waals surface area contributed by atoms with Gasteiger partial charge >= 0.3 is 0 Å². The summed E-state index contributed by atoms with van der Waals surface area (Å²) in [5, 5.41) is 3.86. The molecular formula is C28H27N3O4. The van der Waals surface area contributed by atoms with Gasteiger partial charge in [-0.1, -0.05) is 18.2 Å². The van der Waals surface area contributed by atoms with Gasteiger partial charge in [-0.3, -0.25) is 9.59 Å². The molecule has 2 heterocycles. The number of carbonyl (C=O) groups excluding carboxylic acids is 2. The highest BCUT2D eigenvalue weighted by molar-refractivity contribution is 6.04. The number of ether oxygens (including phenoxy) is 1. The van der Waals surface area contributed by atoms with Crippen LogP contribution in [-0.4, -0.2) is 49.5 Å². The van der Waals surface area contributed by atoms with Crippen LogP contribution in [-0.2, 0) is 0 Å². The van der Waals surface area contributed by atoms with E-state index in [9.17, 15) is 9.59 Å². The maximum absolute atomic E-state index is 12.9. The first-order valence-electron chi connectivity index (χ1n) is 11.8. The summed E-state index contributed by atoms with van der Waals surface area (Å²) in [6.07, 6.45) is 0. The number of carbonyl (C=O) groups is 2. The molecule has 7 nitrogen and oxygen atoms in total. The summed E-state index contributed by atoms with van der Waals surface area (Å²) >= 11 is 0. The van der Waals surface area contributed by atoms with Crippen molar-refractivity contribution in [1.82, 2.24) is 4.90 Å². The summed E-state index contributed by atoms with van der Waals surface area (Å²) in [6, 6.07) is 24.3. The first kappa shape index (κ1) is 22.5. The van der Waals surface area contributed by atoms with Crippen LogP contribution in [0.5, 0.6) is 5.75 Å². The van der Waals surface area contributed by atoms with E-state index in [-0.39, 0.29) is 11.8 Å². The summed E-state index contributed by atoms with van der Waals surface area (Å²) in [5.41, 5.74) is 3.08. The van der Waals surface area contributed by atoms with Crippen LogP contribution < -0.4 is 15.0 Å². The zero-order chi connectivity index (χ0) is 24.2. The topological polar surface area (TPSA) is 75.0 Å². The number of nitrogens with one attached hydrogen (secondary N) is 1. The van der Waals surface area contributed by atoms with Crippen molar-refractivity contribution in [3.63, 3.8) is 0 Å². The van der Waals surface area contributed by atoms with E-state index in [4.69, 9.17) is 9.15 Å². The van der Waals surface area contributed by atoms with E-state index in [2.05, 4.69) is 10.2 Å². The van der Waals surface area contributed by atoms with Crippen LogP contribution in [0.4, 0.5) is 11.4 Å². The zero-order valence-electron chi connectivity index (χ0n) is 19.6. The second-order valence-electron chi connectivity index (χ2n) is 8.39. The van der Waals surface area contributed by atoms with Gasteiger partial charge in [0.2, 0.25) is 0 Å². The number of anilines is 2. The monoisotopic (exact) mass is 469 g/mol. The van der Waals surface area contributed by atoms with Gasteiger partial charge in [-0.05, 0) is 67.6 Å². The first-order valence-corrected chi connectivity index (χ1v) is 11.8. The standard InChI is InChI=1S/C28H27N3O4/c1-2-34-24-13-7-20(8-14-24)27(32)29-22-9-11-23(12-10-22)30-15-17-31(18-16-30)28(33)26-19-21-5-3-4-6-25(21)35-26/h3-14,19H,2,15-18H2,1H3,(H,29,32). The Balaban J connectivity index is 1.16. The molecule has 4 aromatic rings. The molecule has 1 N–H and O–H groups in total. The highest BCUT2D eigenvalue weighted by Crippen LogP contribution is 2.23. The van der Waals surface area contributed by atoms with Gasteiger partial charge in [0, 0.05) is 48.5 Å². The number of amides is 2. The van der Waals surface area contributed by atoms with Crippen molar-refractivity contribution in [3.8, 4) is 5.75 Å². The Labute approximate surface area is 203 Å². The Morgan fingerprint density at radius 1 is 0.914 bits per heavy atom. The van der Waals surface area contributed by atoms with Crippen LogP contribution in [0.1, 0.15) is 27.8 Å². The highest BCUT2D eigenvalue weighted by Gasteiger charge is 2.24. The molecule has 1 aromatic heterocycles. The summed E-state index contributed by atoms with van der Waals surface area (Å²) < 4.78 is 11.2. The fourth-order valence-electron chi connectivity index (χ4n) is 4.24. The third-order valence-electron chi connectivity index (χ3n) is 6.12. The van der Waals surface area contributed by atoms with Crippen LogP contribution in [0, 0.1) is 0 Å². The van der Waals surface area contributed by atoms with E-state index in [1.807, 2.05) is 66.4 Å². The Kier molecular flexibility index (Phi) is 6.39. The number of hydrogen-bond donors (Lipinski definition) is 1. The Morgan fingerprint density at radius 3 is 2.31 bits per heavy atom. The van der Waals surface area contributed by atoms with Crippen molar-refractivity contribution in [2.45, 2.75) is 6.92 Å². The van der Waals surface area contributed by atoms with Crippen LogP contribution in [0.15, 0.2) is 83.3 Å². The summed E-state index contributed by atoms with van der Waals surface area (Å²) in [6.45, 7) is 5.20. The molecule has 1 saturated heterocycles. The SMILES string of the molecule is CCOc1ccc(C(=O)Nc2ccc(N3CCN(C(=O)c4cc5ccccc5o4)CC3)cc2)cc1. The van der Waals surface area contributed by atoms with E-state index in [0.717, 1.165) is 41.2 Å². The highest BCUT2D eigenvalue weighted by atomic mass is 16.5. The van der Waals surface area contributed by atoms with E-state index in [1.165, 1.54) is 0 Å². The molecule has 0 aliphatic carbocycles. The predicted molar refractivity (Wildman–Crippen MR) is 136 cm³/mol. The second kappa shape index (κ2) is 9.93. The summed E-state index contributed by atoms with van der Waals surface area (Å²) in [4.78, 5) is 29.5. The number of hydrogen-bond acceptors (Lipinski definition) is 5. The van der Waals surface area contributed by atoms with Crippen LogP contribution in [0.2, 0.25) is 0 Å². The van der Waals surface area contributed by atoms with E-state index < -0.39 is 0 Å². The van der Waals surface area contributed by atoms with Gasteiger partial charge in [-0.2, -0.15) is 0 Å². The van der Waals surface area contributed by atoms with Crippen molar-refractivity contribution < 1.29 is 18.7 Å². The number of para-hydroxylation sites is 1. The van der Waals surface area contributed by atoms with Gasteiger partial charge in [-0.15, -0.1) is 0 Å². The predicted octanol–water partition coefficient (Wildman–Crippen LogP) is 5.05. The third kappa shape index (κ3) is 4.99. The maximum Gasteiger partial charge on any atom is 0.289 e. The fourth-order valence-corrected chi connectivity index (χ4v) is 4.24. The Bertz CT molecular complexity index is 1290. The average Bonchev–Trinajstić information content (AvgIpc) is 3.34. The lowest BCUT2D eigenvalue weighted by atomic mass is 10.2. The molecule has 0 spiro atoms. The molecule has 0 radical (unpaired) electrons. The average molecular weight is 470 g/mol. The van der Waals surface area contributed by atoms with E-state index in [1.54, 1.807) is 24.3 Å². The molecule has 3 aromatic carbocycles. The molecule has 0 unspecified atom stereocenters. The largest absolute Gasteiger partial charge is 0.494 e. The minimum atomic E-state index is -0.168. The molecule has 7 heteroatoms. The summed E-state index contributed by atoms with van der Waals surface area (Å²) in [5.74, 6) is 0.881. The van der Waals surface area contributed by atoms with Gasteiger partial charge in [0.25, 0.3) is 11.8 Å². The molecule has 1 aliphatic heterocycles. The molecule has 0 atom stereocenters. The Morgan fingerprint density at radius 2 is 1.63 bits per heavy atom. The molecule has 1 fully saturated rings. The second-order valence-corrected chi connectivity index (χ2v) is 8.39. The normalized spacial score (nSPS) is 13.6. The number of furan rings is 1. The quantitative estimate of drug-likeness (QED) is 0.428. The van der Waals surface area contributed by atoms with Crippen molar-refractivity contribution in [2.75, 3.05) is 43.0 Å².